The molecule has 0 saturated carbocycles. The van der Waals surface area contributed by atoms with Gasteiger partial charge in [-0.3, -0.25) is 0 Å². The highest BCUT2D eigenvalue weighted by molar-refractivity contribution is 6.30. The molecule has 0 bridgehead atoms. The topological polar surface area (TPSA) is 38.3 Å². The molecule has 0 aliphatic rings. The SMILES string of the molecule is C=C(C)C(Nc1ccc(Cl)cc1)C(=O)OC. The number of carbonyl (C=O) groups excluding carboxylic acids is 1. The van der Waals surface area contributed by atoms with Crippen molar-refractivity contribution in [2.45, 2.75) is 13.0 Å². The molecule has 0 amide bonds. The Hall–Kier alpha value is -1.48. The number of ether oxygens (including phenoxy) is 1. The predicted molar refractivity (Wildman–Crippen MR) is 65.7 cm³/mol. The van der Waals surface area contributed by atoms with E-state index in [4.69, 9.17) is 11.6 Å². The normalized spacial score (nSPS) is 11.7. The van der Waals surface area contributed by atoms with E-state index in [9.17, 15) is 4.79 Å². The third-order valence-corrected chi connectivity index (χ3v) is 2.34. The molecule has 1 aromatic rings. The van der Waals surface area contributed by atoms with Gasteiger partial charge in [0.2, 0.25) is 0 Å². The van der Waals surface area contributed by atoms with E-state index in [-0.39, 0.29) is 5.97 Å². The molecule has 0 radical (unpaired) electrons. The van der Waals surface area contributed by atoms with Gasteiger partial charge in [-0.1, -0.05) is 18.2 Å². The number of hydrogen-bond donors (Lipinski definition) is 1. The van der Waals surface area contributed by atoms with E-state index in [1.165, 1.54) is 7.11 Å². The quantitative estimate of drug-likeness (QED) is 0.649. The van der Waals surface area contributed by atoms with Crippen LogP contribution in [0.5, 0.6) is 0 Å². The van der Waals surface area contributed by atoms with Crippen LogP contribution >= 0.6 is 11.6 Å². The zero-order valence-electron chi connectivity index (χ0n) is 9.29. The first-order chi connectivity index (χ1) is 7.54. The highest BCUT2D eigenvalue weighted by Crippen LogP contribution is 2.16. The molecule has 0 aliphatic carbocycles. The monoisotopic (exact) mass is 239 g/mol. The van der Waals surface area contributed by atoms with Crippen LogP contribution in [-0.4, -0.2) is 19.1 Å². The van der Waals surface area contributed by atoms with Gasteiger partial charge in [0.05, 0.1) is 7.11 Å². The summed E-state index contributed by atoms with van der Waals surface area (Å²) in [4.78, 5) is 11.5. The second kappa shape index (κ2) is 5.56. The third-order valence-electron chi connectivity index (χ3n) is 2.08. The molecule has 1 unspecified atom stereocenters. The summed E-state index contributed by atoms with van der Waals surface area (Å²) >= 11 is 5.76. The van der Waals surface area contributed by atoms with Crippen LogP contribution in [0.15, 0.2) is 36.4 Å². The van der Waals surface area contributed by atoms with Crippen molar-refractivity contribution >= 4 is 23.3 Å². The van der Waals surface area contributed by atoms with Crippen LogP contribution in [0.3, 0.4) is 0 Å². The van der Waals surface area contributed by atoms with Crippen LogP contribution in [0.2, 0.25) is 5.02 Å². The fraction of sp³-hybridized carbons (Fsp3) is 0.250. The minimum absolute atomic E-state index is 0.359. The smallest absolute Gasteiger partial charge is 0.332 e. The van der Waals surface area contributed by atoms with Crippen molar-refractivity contribution in [1.82, 2.24) is 0 Å². The van der Waals surface area contributed by atoms with E-state index in [1.54, 1.807) is 31.2 Å². The maximum absolute atomic E-state index is 11.5. The van der Waals surface area contributed by atoms with E-state index in [1.807, 2.05) is 0 Å². The Bertz CT molecular complexity index is 387. The second-order valence-corrected chi connectivity index (χ2v) is 3.89. The lowest BCUT2D eigenvalue weighted by Crippen LogP contribution is -2.31. The van der Waals surface area contributed by atoms with Crippen molar-refractivity contribution in [3.63, 3.8) is 0 Å². The van der Waals surface area contributed by atoms with Gasteiger partial charge in [0.25, 0.3) is 0 Å². The van der Waals surface area contributed by atoms with E-state index < -0.39 is 6.04 Å². The molecule has 0 aromatic heterocycles. The summed E-state index contributed by atoms with van der Waals surface area (Å²) < 4.78 is 4.68. The fourth-order valence-corrected chi connectivity index (χ4v) is 1.34. The molecule has 1 rings (SSSR count). The van der Waals surface area contributed by atoms with Gasteiger partial charge in [-0.25, -0.2) is 4.79 Å². The molecule has 16 heavy (non-hydrogen) atoms. The average Bonchev–Trinajstić information content (AvgIpc) is 2.27. The first-order valence-electron chi connectivity index (χ1n) is 4.80. The molecular weight excluding hydrogens is 226 g/mol. The van der Waals surface area contributed by atoms with Crippen molar-refractivity contribution in [3.8, 4) is 0 Å². The summed E-state index contributed by atoms with van der Waals surface area (Å²) in [6.07, 6.45) is 0. The highest BCUT2D eigenvalue weighted by atomic mass is 35.5. The van der Waals surface area contributed by atoms with Crippen LogP contribution in [0.1, 0.15) is 6.92 Å². The Morgan fingerprint density at radius 2 is 2.00 bits per heavy atom. The molecule has 1 aromatic carbocycles. The highest BCUT2D eigenvalue weighted by Gasteiger charge is 2.19. The Morgan fingerprint density at radius 1 is 1.44 bits per heavy atom. The van der Waals surface area contributed by atoms with Gasteiger partial charge in [0.15, 0.2) is 0 Å². The second-order valence-electron chi connectivity index (χ2n) is 3.45. The van der Waals surface area contributed by atoms with E-state index in [0.29, 0.717) is 10.6 Å². The maximum atomic E-state index is 11.5. The lowest BCUT2D eigenvalue weighted by molar-refractivity contribution is -0.140. The first kappa shape index (κ1) is 12.6. The molecule has 4 heteroatoms. The molecule has 0 aliphatic heterocycles. The van der Waals surface area contributed by atoms with Crippen molar-refractivity contribution in [1.29, 1.82) is 0 Å². The van der Waals surface area contributed by atoms with Crippen LogP contribution in [0.4, 0.5) is 5.69 Å². The molecule has 0 saturated heterocycles. The Kier molecular flexibility index (Phi) is 4.38. The van der Waals surface area contributed by atoms with Crippen LogP contribution in [0.25, 0.3) is 0 Å². The van der Waals surface area contributed by atoms with Gasteiger partial charge >= 0.3 is 5.97 Å². The summed E-state index contributed by atoms with van der Waals surface area (Å²) in [6.45, 7) is 5.52. The maximum Gasteiger partial charge on any atom is 0.332 e. The number of carbonyl (C=O) groups is 1. The van der Waals surface area contributed by atoms with Crippen molar-refractivity contribution in [3.05, 3.63) is 41.4 Å². The van der Waals surface area contributed by atoms with Crippen molar-refractivity contribution in [2.75, 3.05) is 12.4 Å². The van der Waals surface area contributed by atoms with E-state index in [2.05, 4.69) is 16.6 Å². The molecule has 0 heterocycles. The standard InChI is InChI=1S/C12H14ClNO2/c1-8(2)11(12(15)16-3)14-10-6-4-9(13)5-7-10/h4-7,11,14H,1H2,2-3H3. The minimum atomic E-state index is -0.536. The third kappa shape index (κ3) is 3.28. The van der Waals surface area contributed by atoms with Crippen molar-refractivity contribution < 1.29 is 9.53 Å². The minimum Gasteiger partial charge on any atom is -0.467 e. The van der Waals surface area contributed by atoms with Crippen molar-refractivity contribution in [2.24, 2.45) is 0 Å². The summed E-state index contributed by atoms with van der Waals surface area (Å²) in [5, 5.41) is 3.67. The molecule has 3 nitrogen and oxygen atoms in total. The molecule has 1 atom stereocenters. The first-order valence-corrected chi connectivity index (χ1v) is 5.17. The Labute approximate surface area is 100 Å². The van der Waals surface area contributed by atoms with Gasteiger partial charge in [-0.15, -0.1) is 0 Å². The number of methoxy groups -OCH3 is 1. The summed E-state index contributed by atoms with van der Waals surface area (Å²) in [5.41, 5.74) is 1.49. The zero-order valence-corrected chi connectivity index (χ0v) is 10.0. The zero-order chi connectivity index (χ0) is 12.1. The van der Waals surface area contributed by atoms with Gasteiger partial charge in [-0.05, 0) is 36.8 Å². The molecule has 0 fully saturated rings. The van der Waals surface area contributed by atoms with Gasteiger partial charge in [0.1, 0.15) is 6.04 Å². The fourth-order valence-electron chi connectivity index (χ4n) is 1.21. The Balaban J connectivity index is 2.80. The summed E-state index contributed by atoms with van der Waals surface area (Å²) in [6, 6.07) is 6.54. The number of nitrogens with one attached hydrogen (secondary N) is 1. The van der Waals surface area contributed by atoms with Crippen LogP contribution < -0.4 is 5.32 Å². The average molecular weight is 240 g/mol. The van der Waals surface area contributed by atoms with Gasteiger partial charge in [0, 0.05) is 10.7 Å². The van der Waals surface area contributed by atoms with Crippen LogP contribution in [-0.2, 0) is 9.53 Å². The van der Waals surface area contributed by atoms with Crippen LogP contribution in [0, 0.1) is 0 Å². The number of hydrogen-bond acceptors (Lipinski definition) is 3. The lowest BCUT2D eigenvalue weighted by Gasteiger charge is -2.17. The van der Waals surface area contributed by atoms with Gasteiger partial charge in [-0.2, -0.15) is 0 Å². The summed E-state index contributed by atoms with van der Waals surface area (Å²) in [5.74, 6) is -0.359. The van der Waals surface area contributed by atoms with E-state index >= 15 is 0 Å². The largest absolute Gasteiger partial charge is 0.467 e. The molecular formula is C12H14ClNO2. The molecule has 0 spiro atoms. The number of anilines is 1. The number of halogens is 1. The number of benzene rings is 1. The predicted octanol–water partition coefficient (Wildman–Crippen LogP) is 2.87. The number of esters is 1. The van der Waals surface area contributed by atoms with Gasteiger partial charge < -0.3 is 10.1 Å². The number of rotatable bonds is 4. The molecule has 1 N–H and O–H groups in total. The molecule has 86 valence electrons. The summed E-state index contributed by atoms with van der Waals surface area (Å²) in [7, 11) is 1.35. The van der Waals surface area contributed by atoms with E-state index in [0.717, 1.165) is 5.69 Å². The Morgan fingerprint density at radius 3 is 2.44 bits per heavy atom. The lowest BCUT2D eigenvalue weighted by atomic mass is 10.1.